The SMILES string of the molecule is CCC(c1ccccc1)c1c(O)c2ccc(Cl)cc2oc1=O. The molecule has 0 aliphatic carbocycles. The van der Waals surface area contributed by atoms with Crippen molar-refractivity contribution in [1.82, 2.24) is 0 Å². The van der Waals surface area contributed by atoms with Crippen LogP contribution in [0.1, 0.15) is 30.4 Å². The molecule has 0 amide bonds. The average Bonchev–Trinajstić information content (AvgIpc) is 2.52. The highest BCUT2D eigenvalue weighted by atomic mass is 35.5. The minimum Gasteiger partial charge on any atom is -0.507 e. The fraction of sp³-hybridized carbons (Fsp3) is 0.167. The van der Waals surface area contributed by atoms with Gasteiger partial charge in [-0.25, -0.2) is 4.79 Å². The number of halogens is 1. The Kier molecular flexibility index (Phi) is 3.90. The fourth-order valence-electron chi connectivity index (χ4n) is 2.77. The van der Waals surface area contributed by atoms with Gasteiger partial charge in [0.25, 0.3) is 0 Å². The third kappa shape index (κ3) is 2.48. The van der Waals surface area contributed by atoms with Gasteiger partial charge in [0, 0.05) is 17.0 Å². The van der Waals surface area contributed by atoms with Crippen LogP contribution in [-0.2, 0) is 0 Å². The topological polar surface area (TPSA) is 50.4 Å². The number of benzene rings is 2. The number of hydrogen-bond donors (Lipinski definition) is 1. The monoisotopic (exact) mass is 314 g/mol. The Morgan fingerprint density at radius 1 is 1.18 bits per heavy atom. The first-order chi connectivity index (χ1) is 10.6. The van der Waals surface area contributed by atoms with E-state index in [2.05, 4.69) is 0 Å². The predicted octanol–water partition coefficient (Wildman–Crippen LogP) is 4.69. The molecule has 0 radical (unpaired) electrons. The number of rotatable bonds is 3. The fourth-order valence-corrected chi connectivity index (χ4v) is 2.93. The maximum Gasteiger partial charge on any atom is 0.343 e. The van der Waals surface area contributed by atoms with Crippen molar-refractivity contribution < 1.29 is 9.52 Å². The molecule has 3 aromatic rings. The summed E-state index contributed by atoms with van der Waals surface area (Å²) in [5.74, 6) is -0.240. The van der Waals surface area contributed by atoms with E-state index >= 15 is 0 Å². The van der Waals surface area contributed by atoms with Crippen LogP contribution < -0.4 is 5.63 Å². The molecule has 3 nitrogen and oxygen atoms in total. The lowest BCUT2D eigenvalue weighted by Crippen LogP contribution is -2.13. The van der Waals surface area contributed by atoms with Crippen LogP contribution in [0, 0.1) is 0 Å². The summed E-state index contributed by atoms with van der Waals surface area (Å²) in [4.78, 5) is 12.4. The molecule has 1 unspecified atom stereocenters. The molecule has 112 valence electrons. The van der Waals surface area contributed by atoms with Gasteiger partial charge in [-0.2, -0.15) is 0 Å². The second-order valence-corrected chi connectivity index (χ2v) is 5.60. The van der Waals surface area contributed by atoms with Crippen LogP contribution in [0.15, 0.2) is 57.7 Å². The molecule has 0 fully saturated rings. The largest absolute Gasteiger partial charge is 0.507 e. The van der Waals surface area contributed by atoms with E-state index < -0.39 is 5.63 Å². The predicted molar refractivity (Wildman–Crippen MR) is 87.7 cm³/mol. The van der Waals surface area contributed by atoms with E-state index in [1.807, 2.05) is 37.3 Å². The third-order valence-electron chi connectivity index (χ3n) is 3.84. The third-order valence-corrected chi connectivity index (χ3v) is 4.07. The van der Waals surface area contributed by atoms with Gasteiger partial charge in [0.2, 0.25) is 0 Å². The molecule has 1 heterocycles. The van der Waals surface area contributed by atoms with Gasteiger partial charge in [-0.3, -0.25) is 0 Å². The highest BCUT2D eigenvalue weighted by Crippen LogP contribution is 2.36. The molecule has 1 atom stereocenters. The molecule has 3 rings (SSSR count). The van der Waals surface area contributed by atoms with Crippen molar-refractivity contribution in [2.45, 2.75) is 19.3 Å². The molecule has 0 aliphatic heterocycles. The summed E-state index contributed by atoms with van der Waals surface area (Å²) in [5, 5.41) is 11.5. The van der Waals surface area contributed by atoms with Crippen molar-refractivity contribution in [2.75, 3.05) is 0 Å². The van der Waals surface area contributed by atoms with E-state index in [1.54, 1.807) is 12.1 Å². The molecular weight excluding hydrogens is 300 g/mol. The zero-order valence-electron chi connectivity index (χ0n) is 12.0. The maximum atomic E-state index is 12.4. The van der Waals surface area contributed by atoms with Crippen molar-refractivity contribution in [3.8, 4) is 5.75 Å². The number of aromatic hydroxyl groups is 1. The molecule has 1 aromatic heterocycles. The first-order valence-electron chi connectivity index (χ1n) is 7.12. The number of fused-ring (bicyclic) bond motifs is 1. The van der Waals surface area contributed by atoms with Crippen LogP contribution in [0.5, 0.6) is 5.75 Å². The van der Waals surface area contributed by atoms with Crippen LogP contribution in [0.3, 0.4) is 0 Å². The van der Waals surface area contributed by atoms with Gasteiger partial charge < -0.3 is 9.52 Å². The quantitative estimate of drug-likeness (QED) is 0.713. The van der Waals surface area contributed by atoms with E-state index in [4.69, 9.17) is 16.0 Å². The Hall–Kier alpha value is -2.26. The van der Waals surface area contributed by atoms with E-state index in [9.17, 15) is 9.90 Å². The highest BCUT2D eigenvalue weighted by molar-refractivity contribution is 6.31. The van der Waals surface area contributed by atoms with Crippen molar-refractivity contribution in [3.05, 3.63) is 75.1 Å². The zero-order valence-corrected chi connectivity index (χ0v) is 12.8. The highest BCUT2D eigenvalue weighted by Gasteiger charge is 2.23. The van der Waals surface area contributed by atoms with Crippen LogP contribution in [0.2, 0.25) is 5.02 Å². The van der Waals surface area contributed by atoms with Gasteiger partial charge in [-0.15, -0.1) is 0 Å². The second kappa shape index (κ2) is 5.85. The van der Waals surface area contributed by atoms with Gasteiger partial charge in [0.05, 0.1) is 10.9 Å². The molecule has 2 aromatic carbocycles. The summed E-state index contributed by atoms with van der Waals surface area (Å²) in [6.07, 6.45) is 0.682. The Balaban J connectivity index is 2.26. The molecule has 0 aliphatic rings. The smallest absolute Gasteiger partial charge is 0.343 e. The van der Waals surface area contributed by atoms with Crippen molar-refractivity contribution >= 4 is 22.6 Å². The lowest BCUT2D eigenvalue weighted by Gasteiger charge is -2.16. The summed E-state index contributed by atoms with van der Waals surface area (Å²) in [7, 11) is 0. The van der Waals surface area contributed by atoms with Crippen LogP contribution in [0.25, 0.3) is 11.0 Å². The molecule has 22 heavy (non-hydrogen) atoms. The zero-order chi connectivity index (χ0) is 15.7. The Labute approximate surface area is 132 Å². The van der Waals surface area contributed by atoms with Crippen molar-refractivity contribution in [2.24, 2.45) is 0 Å². The number of hydrogen-bond acceptors (Lipinski definition) is 3. The van der Waals surface area contributed by atoms with E-state index in [0.29, 0.717) is 28.0 Å². The van der Waals surface area contributed by atoms with Gasteiger partial charge >= 0.3 is 5.63 Å². The minimum absolute atomic E-state index is 0.0291. The second-order valence-electron chi connectivity index (χ2n) is 5.16. The molecular formula is C18H15ClO3. The maximum absolute atomic E-state index is 12.4. The molecule has 0 spiro atoms. The molecule has 4 heteroatoms. The van der Waals surface area contributed by atoms with E-state index in [0.717, 1.165) is 5.56 Å². The van der Waals surface area contributed by atoms with Gasteiger partial charge in [0.1, 0.15) is 11.3 Å². The van der Waals surface area contributed by atoms with Gasteiger partial charge in [-0.1, -0.05) is 48.9 Å². The molecule has 1 N–H and O–H groups in total. The standard InChI is InChI=1S/C18H15ClO3/c1-2-13(11-6-4-3-5-7-11)16-17(20)14-9-8-12(19)10-15(14)22-18(16)21/h3-10,13,20H,2H2,1H3. The van der Waals surface area contributed by atoms with Crippen LogP contribution in [-0.4, -0.2) is 5.11 Å². The van der Waals surface area contributed by atoms with E-state index in [1.165, 1.54) is 6.07 Å². The van der Waals surface area contributed by atoms with Crippen LogP contribution >= 0.6 is 11.6 Å². The Bertz CT molecular complexity index is 869. The first kappa shape index (κ1) is 14.7. The lowest BCUT2D eigenvalue weighted by molar-refractivity contribution is 0.450. The Morgan fingerprint density at radius 3 is 2.59 bits per heavy atom. The van der Waals surface area contributed by atoms with Crippen molar-refractivity contribution in [1.29, 1.82) is 0 Å². The average molecular weight is 315 g/mol. The summed E-state index contributed by atoms with van der Waals surface area (Å²) in [6.45, 7) is 1.97. The van der Waals surface area contributed by atoms with Crippen LogP contribution in [0.4, 0.5) is 0 Å². The molecule has 0 saturated carbocycles. The summed E-state index contributed by atoms with van der Waals surface area (Å²) in [6, 6.07) is 14.5. The first-order valence-corrected chi connectivity index (χ1v) is 7.49. The van der Waals surface area contributed by atoms with Gasteiger partial charge in [-0.05, 0) is 24.1 Å². The summed E-state index contributed by atoms with van der Waals surface area (Å²) in [5.41, 5.74) is 1.04. The Morgan fingerprint density at radius 2 is 1.91 bits per heavy atom. The molecule has 0 saturated heterocycles. The van der Waals surface area contributed by atoms with Crippen molar-refractivity contribution in [3.63, 3.8) is 0 Å². The van der Waals surface area contributed by atoms with E-state index in [-0.39, 0.29) is 11.7 Å². The summed E-state index contributed by atoms with van der Waals surface area (Å²) < 4.78 is 5.36. The summed E-state index contributed by atoms with van der Waals surface area (Å²) >= 11 is 5.91. The normalized spacial score (nSPS) is 12.5. The molecule has 0 bridgehead atoms. The minimum atomic E-state index is -0.525. The lowest BCUT2D eigenvalue weighted by atomic mass is 9.89. The van der Waals surface area contributed by atoms with Gasteiger partial charge in [0.15, 0.2) is 0 Å².